The molecule has 1 amide bonds. The van der Waals surface area contributed by atoms with Crippen molar-refractivity contribution >= 4 is 11.8 Å². The molecule has 0 saturated carbocycles. The van der Waals surface area contributed by atoms with Crippen LogP contribution in [0.5, 0.6) is 5.75 Å². The van der Waals surface area contributed by atoms with Crippen LogP contribution < -0.4 is 15.0 Å². The Bertz CT molecular complexity index is 481. The number of para-hydroxylation sites is 2. The number of hydrogen-bond acceptors (Lipinski definition) is 3. The van der Waals surface area contributed by atoms with Crippen LogP contribution in [0, 0.1) is 24.7 Å². The number of carbonyl (C=O) groups is 1. The number of ether oxygens (including phenoxy) is 1. The number of rotatable bonds is 4. The molecule has 4 nitrogen and oxygen atoms in total. The number of nitrogens with one attached hydrogen (secondary N) is 1. The predicted molar refractivity (Wildman–Crippen MR) is 71.4 cm³/mol. The van der Waals surface area contributed by atoms with Gasteiger partial charge in [-0.3, -0.25) is 0 Å². The fourth-order valence-corrected chi connectivity index (χ4v) is 1.40. The summed E-state index contributed by atoms with van der Waals surface area (Å²) in [6.45, 7) is 0.691. The number of carbonyl (C=O) groups excluding carboxylic acids is 1. The molecular formula is C14H14N2O2. The number of terminal acetylenes is 2. The van der Waals surface area contributed by atoms with Crippen LogP contribution in [-0.4, -0.2) is 26.2 Å². The van der Waals surface area contributed by atoms with Gasteiger partial charge in [-0.1, -0.05) is 24.0 Å². The maximum absolute atomic E-state index is 11.2. The van der Waals surface area contributed by atoms with Gasteiger partial charge >= 0.3 is 6.09 Å². The minimum atomic E-state index is -0.538. The SMILES string of the molecule is C#CCN(CC#C)c1ccccc1OC(=O)NC. The first-order valence-electron chi connectivity index (χ1n) is 5.33. The molecule has 0 saturated heterocycles. The Morgan fingerprint density at radius 2 is 1.94 bits per heavy atom. The summed E-state index contributed by atoms with van der Waals surface area (Å²) in [6, 6.07) is 7.08. The van der Waals surface area contributed by atoms with E-state index in [0.29, 0.717) is 24.5 Å². The normalized spacial score (nSPS) is 8.83. The molecular weight excluding hydrogens is 228 g/mol. The summed E-state index contributed by atoms with van der Waals surface area (Å²) in [5, 5.41) is 2.38. The van der Waals surface area contributed by atoms with Gasteiger partial charge in [-0.15, -0.1) is 12.8 Å². The first kappa shape index (κ1) is 13.5. The van der Waals surface area contributed by atoms with Crippen molar-refractivity contribution in [1.29, 1.82) is 0 Å². The van der Waals surface area contributed by atoms with Crippen molar-refractivity contribution in [3.8, 4) is 30.4 Å². The van der Waals surface area contributed by atoms with Crippen LogP contribution >= 0.6 is 0 Å². The molecule has 0 aliphatic rings. The second kappa shape index (κ2) is 6.88. The summed E-state index contributed by atoms with van der Waals surface area (Å²) in [5.74, 6) is 5.46. The van der Waals surface area contributed by atoms with Crippen molar-refractivity contribution in [2.75, 3.05) is 25.0 Å². The second-order valence-electron chi connectivity index (χ2n) is 3.37. The van der Waals surface area contributed by atoms with Gasteiger partial charge in [0.2, 0.25) is 0 Å². The van der Waals surface area contributed by atoms with E-state index in [1.807, 2.05) is 6.07 Å². The van der Waals surface area contributed by atoms with Gasteiger partial charge < -0.3 is 15.0 Å². The molecule has 1 aromatic carbocycles. The van der Waals surface area contributed by atoms with Crippen LogP contribution in [0.15, 0.2) is 24.3 Å². The smallest absolute Gasteiger partial charge is 0.408 e. The zero-order valence-corrected chi connectivity index (χ0v) is 10.1. The summed E-state index contributed by atoms with van der Waals surface area (Å²) in [5.41, 5.74) is 0.692. The predicted octanol–water partition coefficient (Wildman–Crippen LogP) is 1.48. The summed E-state index contributed by atoms with van der Waals surface area (Å²) in [4.78, 5) is 13.0. The van der Waals surface area contributed by atoms with E-state index < -0.39 is 6.09 Å². The lowest BCUT2D eigenvalue weighted by atomic mass is 10.2. The maximum Gasteiger partial charge on any atom is 0.412 e. The molecule has 0 aliphatic heterocycles. The molecule has 18 heavy (non-hydrogen) atoms. The van der Waals surface area contributed by atoms with Crippen LogP contribution in [0.3, 0.4) is 0 Å². The average Bonchev–Trinajstić information content (AvgIpc) is 2.39. The highest BCUT2D eigenvalue weighted by molar-refractivity contribution is 5.73. The lowest BCUT2D eigenvalue weighted by Crippen LogP contribution is -2.27. The van der Waals surface area contributed by atoms with Crippen molar-refractivity contribution in [2.24, 2.45) is 0 Å². The van der Waals surface area contributed by atoms with Crippen LogP contribution in [0.1, 0.15) is 0 Å². The Hall–Kier alpha value is -2.59. The molecule has 92 valence electrons. The van der Waals surface area contributed by atoms with Gasteiger partial charge in [0.1, 0.15) is 0 Å². The molecule has 0 radical (unpaired) electrons. The standard InChI is InChI=1S/C14H14N2O2/c1-4-10-16(11-5-2)12-8-6-7-9-13(12)18-14(17)15-3/h1-2,6-9H,10-11H2,3H3,(H,15,17). The van der Waals surface area contributed by atoms with E-state index in [1.54, 1.807) is 23.1 Å². The molecule has 4 heteroatoms. The molecule has 1 aromatic rings. The van der Waals surface area contributed by atoms with Gasteiger partial charge in [-0.2, -0.15) is 0 Å². The summed E-state index contributed by atoms with van der Waals surface area (Å²) in [6.07, 6.45) is 10.1. The summed E-state index contributed by atoms with van der Waals surface area (Å²) < 4.78 is 5.14. The Morgan fingerprint density at radius 1 is 1.33 bits per heavy atom. The second-order valence-corrected chi connectivity index (χ2v) is 3.37. The van der Waals surface area contributed by atoms with Gasteiger partial charge in [0.15, 0.2) is 5.75 Å². The zero-order valence-electron chi connectivity index (χ0n) is 10.1. The lowest BCUT2D eigenvalue weighted by Gasteiger charge is -2.22. The van der Waals surface area contributed by atoms with E-state index in [-0.39, 0.29) is 0 Å². The molecule has 0 fully saturated rings. The molecule has 0 spiro atoms. The fraction of sp³-hybridized carbons (Fsp3) is 0.214. The van der Waals surface area contributed by atoms with E-state index in [0.717, 1.165) is 0 Å². The van der Waals surface area contributed by atoms with Crippen molar-refractivity contribution < 1.29 is 9.53 Å². The van der Waals surface area contributed by atoms with E-state index >= 15 is 0 Å². The van der Waals surface area contributed by atoms with E-state index in [9.17, 15) is 4.79 Å². The minimum absolute atomic E-state index is 0.346. The number of anilines is 1. The Balaban J connectivity index is 3.03. The van der Waals surface area contributed by atoms with Gasteiger partial charge in [0, 0.05) is 7.05 Å². The highest BCUT2D eigenvalue weighted by Gasteiger charge is 2.12. The average molecular weight is 242 g/mol. The minimum Gasteiger partial charge on any atom is -0.408 e. The lowest BCUT2D eigenvalue weighted by molar-refractivity contribution is 0.203. The number of nitrogens with zero attached hydrogens (tertiary/aromatic N) is 1. The van der Waals surface area contributed by atoms with Crippen molar-refractivity contribution in [1.82, 2.24) is 5.32 Å². The van der Waals surface area contributed by atoms with Gasteiger partial charge in [0.25, 0.3) is 0 Å². The van der Waals surface area contributed by atoms with Crippen LogP contribution in [-0.2, 0) is 0 Å². The Morgan fingerprint density at radius 3 is 2.50 bits per heavy atom. The maximum atomic E-state index is 11.2. The first-order valence-corrected chi connectivity index (χ1v) is 5.33. The largest absolute Gasteiger partial charge is 0.412 e. The summed E-state index contributed by atoms with van der Waals surface area (Å²) >= 11 is 0. The van der Waals surface area contributed by atoms with Gasteiger partial charge in [-0.05, 0) is 12.1 Å². The number of benzene rings is 1. The molecule has 0 bridgehead atoms. The van der Waals surface area contributed by atoms with Gasteiger partial charge in [0.05, 0.1) is 18.8 Å². The van der Waals surface area contributed by atoms with Crippen LogP contribution in [0.4, 0.5) is 10.5 Å². The molecule has 0 aliphatic carbocycles. The number of hydrogen-bond donors (Lipinski definition) is 1. The van der Waals surface area contributed by atoms with Crippen molar-refractivity contribution in [3.63, 3.8) is 0 Å². The molecule has 1 rings (SSSR count). The van der Waals surface area contributed by atoms with Crippen LogP contribution in [0.2, 0.25) is 0 Å². The van der Waals surface area contributed by atoms with E-state index in [4.69, 9.17) is 17.6 Å². The molecule has 0 unspecified atom stereocenters. The number of amides is 1. The third kappa shape index (κ3) is 3.47. The molecule has 0 heterocycles. The topological polar surface area (TPSA) is 41.6 Å². The third-order valence-corrected chi connectivity index (χ3v) is 2.18. The summed E-state index contributed by atoms with van der Waals surface area (Å²) in [7, 11) is 1.49. The Kier molecular flexibility index (Phi) is 5.15. The van der Waals surface area contributed by atoms with Crippen molar-refractivity contribution in [2.45, 2.75) is 0 Å². The van der Waals surface area contributed by atoms with Gasteiger partial charge in [-0.25, -0.2) is 4.79 Å². The molecule has 0 aromatic heterocycles. The van der Waals surface area contributed by atoms with Crippen LogP contribution in [0.25, 0.3) is 0 Å². The van der Waals surface area contributed by atoms with E-state index in [2.05, 4.69) is 17.2 Å². The molecule has 0 atom stereocenters. The Labute approximate surface area is 107 Å². The zero-order chi connectivity index (χ0) is 13.4. The monoisotopic (exact) mass is 242 g/mol. The highest BCUT2D eigenvalue weighted by atomic mass is 16.6. The fourth-order valence-electron chi connectivity index (χ4n) is 1.40. The highest BCUT2D eigenvalue weighted by Crippen LogP contribution is 2.27. The quantitative estimate of drug-likeness (QED) is 0.813. The first-order chi connectivity index (χ1) is 8.72. The molecule has 1 N–H and O–H groups in total. The van der Waals surface area contributed by atoms with E-state index in [1.165, 1.54) is 7.05 Å². The van der Waals surface area contributed by atoms with Crippen molar-refractivity contribution in [3.05, 3.63) is 24.3 Å². The third-order valence-electron chi connectivity index (χ3n) is 2.18.